The Morgan fingerprint density at radius 1 is 1.33 bits per heavy atom. The van der Waals surface area contributed by atoms with Crippen LogP contribution in [0.25, 0.3) is 0 Å². The molecule has 2 fully saturated rings. The Morgan fingerprint density at radius 2 is 2.08 bits per heavy atom. The van der Waals surface area contributed by atoms with Crippen molar-refractivity contribution in [1.29, 1.82) is 0 Å². The third-order valence-electron chi connectivity index (χ3n) is 3.63. The second kappa shape index (κ2) is 2.48. The quantitative estimate of drug-likeness (QED) is 0.518. The lowest BCUT2D eigenvalue weighted by Gasteiger charge is -2.29. The maximum absolute atomic E-state index is 11.1. The SMILES string of the molecule is CC1(C)[C@@H]2CCC(=O)O[C@H]1CC2. The number of rotatable bonds is 0. The summed E-state index contributed by atoms with van der Waals surface area (Å²) >= 11 is 0. The van der Waals surface area contributed by atoms with Crippen LogP contribution in [0.15, 0.2) is 0 Å². The molecule has 0 unspecified atom stereocenters. The van der Waals surface area contributed by atoms with Crippen LogP contribution in [0.3, 0.4) is 0 Å². The van der Waals surface area contributed by atoms with E-state index in [1.54, 1.807) is 0 Å². The Balaban J connectivity index is 2.23. The summed E-state index contributed by atoms with van der Waals surface area (Å²) in [6.07, 6.45) is 4.17. The number of hydrogen-bond acceptors (Lipinski definition) is 2. The first-order chi connectivity index (χ1) is 5.60. The molecule has 2 rings (SSSR count). The van der Waals surface area contributed by atoms with Gasteiger partial charge in [0.1, 0.15) is 6.10 Å². The molecule has 0 spiro atoms. The third-order valence-corrected chi connectivity index (χ3v) is 3.63. The van der Waals surface area contributed by atoms with Crippen molar-refractivity contribution in [2.24, 2.45) is 11.3 Å². The number of carbonyl (C=O) groups excluding carboxylic acids is 1. The predicted octanol–water partition coefficient (Wildman–Crippen LogP) is 2.13. The molecule has 2 aliphatic rings. The van der Waals surface area contributed by atoms with Gasteiger partial charge in [0.05, 0.1) is 0 Å². The van der Waals surface area contributed by atoms with Crippen molar-refractivity contribution in [3.8, 4) is 0 Å². The van der Waals surface area contributed by atoms with Gasteiger partial charge < -0.3 is 4.74 Å². The minimum Gasteiger partial charge on any atom is -0.462 e. The molecule has 12 heavy (non-hydrogen) atoms. The third kappa shape index (κ3) is 1.05. The van der Waals surface area contributed by atoms with Gasteiger partial charge in [0.25, 0.3) is 0 Å². The Labute approximate surface area is 73.3 Å². The maximum Gasteiger partial charge on any atom is 0.306 e. The summed E-state index contributed by atoms with van der Waals surface area (Å²) in [5.41, 5.74) is 0.228. The molecule has 0 aromatic rings. The van der Waals surface area contributed by atoms with Crippen LogP contribution in [0.5, 0.6) is 0 Å². The van der Waals surface area contributed by atoms with E-state index in [1.807, 2.05) is 0 Å². The summed E-state index contributed by atoms with van der Waals surface area (Å²) in [5.74, 6) is 0.712. The van der Waals surface area contributed by atoms with E-state index < -0.39 is 0 Å². The van der Waals surface area contributed by atoms with Crippen LogP contribution < -0.4 is 0 Å². The Morgan fingerprint density at radius 3 is 2.83 bits per heavy atom. The van der Waals surface area contributed by atoms with Crippen molar-refractivity contribution in [2.75, 3.05) is 0 Å². The van der Waals surface area contributed by atoms with Gasteiger partial charge in [0.2, 0.25) is 0 Å². The fourth-order valence-electron chi connectivity index (χ4n) is 2.60. The zero-order valence-electron chi connectivity index (χ0n) is 7.80. The van der Waals surface area contributed by atoms with E-state index in [9.17, 15) is 4.79 Å². The normalized spacial score (nSPS) is 39.0. The molecule has 0 radical (unpaired) electrons. The van der Waals surface area contributed by atoms with Gasteiger partial charge >= 0.3 is 5.97 Å². The predicted molar refractivity (Wildman–Crippen MR) is 45.6 cm³/mol. The second-order valence-electron chi connectivity index (χ2n) is 4.61. The van der Waals surface area contributed by atoms with Gasteiger partial charge in [-0.15, -0.1) is 0 Å². The number of carbonyl (C=O) groups is 1. The lowest BCUT2D eigenvalue weighted by molar-refractivity contribution is -0.151. The first kappa shape index (κ1) is 8.09. The average Bonchev–Trinajstić information content (AvgIpc) is 2.15. The van der Waals surface area contributed by atoms with Crippen LogP contribution in [0.1, 0.15) is 39.5 Å². The molecule has 0 amide bonds. The van der Waals surface area contributed by atoms with Gasteiger partial charge in [-0.05, 0) is 25.2 Å². The molecule has 1 aliphatic carbocycles. The molecule has 0 N–H and O–H groups in total. The Hall–Kier alpha value is -0.530. The Bertz CT molecular complexity index is 208. The van der Waals surface area contributed by atoms with Crippen molar-refractivity contribution < 1.29 is 9.53 Å². The lowest BCUT2D eigenvalue weighted by atomic mass is 9.79. The highest BCUT2D eigenvalue weighted by Gasteiger charge is 2.46. The molecule has 2 atom stereocenters. The zero-order valence-corrected chi connectivity index (χ0v) is 7.80. The van der Waals surface area contributed by atoms with Crippen LogP contribution in [0.4, 0.5) is 0 Å². The number of ether oxygens (including phenoxy) is 1. The molecule has 0 aromatic heterocycles. The lowest BCUT2D eigenvalue weighted by Crippen LogP contribution is -2.29. The molecule has 0 aromatic carbocycles. The highest BCUT2D eigenvalue weighted by atomic mass is 16.5. The van der Waals surface area contributed by atoms with E-state index in [0.29, 0.717) is 12.3 Å². The largest absolute Gasteiger partial charge is 0.462 e. The number of fused-ring (bicyclic) bond motifs is 2. The second-order valence-corrected chi connectivity index (χ2v) is 4.61. The van der Waals surface area contributed by atoms with Gasteiger partial charge in [-0.1, -0.05) is 13.8 Å². The van der Waals surface area contributed by atoms with Crippen LogP contribution in [-0.2, 0) is 9.53 Å². The summed E-state index contributed by atoms with van der Waals surface area (Å²) in [6.45, 7) is 4.46. The van der Waals surface area contributed by atoms with Crippen molar-refractivity contribution in [1.82, 2.24) is 0 Å². The molecular formula is C10H16O2. The highest BCUT2D eigenvalue weighted by molar-refractivity contribution is 5.70. The monoisotopic (exact) mass is 168 g/mol. The summed E-state index contributed by atoms with van der Waals surface area (Å²) in [6, 6.07) is 0. The number of esters is 1. The molecule has 1 aliphatic heterocycles. The van der Waals surface area contributed by atoms with Crippen molar-refractivity contribution in [3.63, 3.8) is 0 Å². The molecule has 2 nitrogen and oxygen atoms in total. The van der Waals surface area contributed by atoms with Gasteiger partial charge in [-0.2, -0.15) is 0 Å². The van der Waals surface area contributed by atoms with Crippen molar-refractivity contribution in [3.05, 3.63) is 0 Å². The molecule has 2 heteroatoms. The van der Waals surface area contributed by atoms with E-state index in [1.165, 1.54) is 6.42 Å². The fraction of sp³-hybridized carbons (Fsp3) is 0.900. The van der Waals surface area contributed by atoms with Gasteiger partial charge in [-0.3, -0.25) is 4.79 Å². The summed E-state index contributed by atoms with van der Waals surface area (Å²) in [4.78, 5) is 11.1. The number of hydrogen-bond donors (Lipinski definition) is 0. The highest BCUT2D eigenvalue weighted by Crippen LogP contribution is 2.48. The zero-order chi connectivity index (χ0) is 8.77. The van der Waals surface area contributed by atoms with E-state index in [4.69, 9.17) is 4.74 Å². The van der Waals surface area contributed by atoms with Crippen LogP contribution >= 0.6 is 0 Å². The summed E-state index contributed by atoms with van der Waals surface area (Å²) < 4.78 is 5.38. The first-order valence-electron chi connectivity index (χ1n) is 4.80. The molecule has 1 saturated heterocycles. The van der Waals surface area contributed by atoms with Crippen LogP contribution in [-0.4, -0.2) is 12.1 Å². The standard InChI is InChI=1S/C10H16O2/c1-10(2)7-3-5-8(10)12-9(11)6-4-7/h7-8H,3-6H2,1-2H3/t7-,8-/m0/s1. The van der Waals surface area contributed by atoms with E-state index in [-0.39, 0.29) is 17.5 Å². The molecule has 1 saturated carbocycles. The topological polar surface area (TPSA) is 26.3 Å². The Kier molecular flexibility index (Phi) is 1.67. The molecular weight excluding hydrogens is 152 g/mol. The van der Waals surface area contributed by atoms with Crippen molar-refractivity contribution >= 4 is 5.97 Å². The first-order valence-corrected chi connectivity index (χ1v) is 4.80. The minimum absolute atomic E-state index is 0.00951. The maximum atomic E-state index is 11.1. The van der Waals surface area contributed by atoms with Crippen molar-refractivity contribution in [2.45, 2.75) is 45.6 Å². The van der Waals surface area contributed by atoms with Crippen LogP contribution in [0, 0.1) is 11.3 Å². The molecule has 1 heterocycles. The molecule has 68 valence electrons. The summed E-state index contributed by atoms with van der Waals surface area (Å²) in [7, 11) is 0. The average molecular weight is 168 g/mol. The summed E-state index contributed by atoms with van der Waals surface area (Å²) in [5, 5.41) is 0. The van der Waals surface area contributed by atoms with Gasteiger partial charge in [0.15, 0.2) is 0 Å². The van der Waals surface area contributed by atoms with Gasteiger partial charge in [-0.25, -0.2) is 0 Å². The molecule has 2 bridgehead atoms. The van der Waals surface area contributed by atoms with Gasteiger partial charge in [0, 0.05) is 11.8 Å². The van der Waals surface area contributed by atoms with E-state index in [0.717, 1.165) is 12.8 Å². The van der Waals surface area contributed by atoms with E-state index >= 15 is 0 Å². The van der Waals surface area contributed by atoms with Crippen LogP contribution in [0.2, 0.25) is 0 Å². The minimum atomic E-state index is 0.00951. The smallest absolute Gasteiger partial charge is 0.306 e. The fourth-order valence-corrected chi connectivity index (χ4v) is 2.60. The van der Waals surface area contributed by atoms with E-state index in [2.05, 4.69) is 13.8 Å².